The maximum Gasteiger partial charge on any atom is 0.273 e. The first-order valence-electron chi connectivity index (χ1n) is 5.42. The number of nitrogens with zero attached hydrogens (tertiary/aromatic N) is 3. The fourth-order valence-electron chi connectivity index (χ4n) is 1.82. The maximum atomic E-state index is 10.6. The van der Waals surface area contributed by atoms with E-state index in [1.807, 2.05) is 0 Å². The monoisotopic (exact) mass is 256 g/mol. The van der Waals surface area contributed by atoms with E-state index in [2.05, 4.69) is 15.0 Å². The second-order valence-electron chi connectivity index (χ2n) is 3.94. The van der Waals surface area contributed by atoms with E-state index in [9.17, 15) is 15.2 Å². The number of nitro benzene ring substituents is 1. The Hall–Kier alpha value is -2.96. The number of phenols is 1. The quantitative estimate of drug-likeness (QED) is 0.540. The van der Waals surface area contributed by atoms with E-state index in [1.165, 1.54) is 12.1 Å². The minimum absolute atomic E-state index is 0.168. The van der Waals surface area contributed by atoms with Crippen molar-refractivity contribution in [2.75, 3.05) is 0 Å². The van der Waals surface area contributed by atoms with Crippen molar-refractivity contribution < 1.29 is 10.0 Å². The van der Waals surface area contributed by atoms with Crippen LogP contribution in [0.3, 0.4) is 0 Å². The third kappa shape index (κ3) is 1.86. The lowest BCUT2D eigenvalue weighted by atomic mass is 10.1. The van der Waals surface area contributed by atoms with Crippen LogP contribution < -0.4 is 0 Å². The first-order chi connectivity index (χ1) is 9.15. The van der Waals surface area contributed by atoms with Gasteiger partial charge in [0.05, 0.1) is 33.8 Å². The van der Waals surface area contributed by atoms with Crippen molar-refractivity contribution >= 4 is 16.7 Å². The standard InChI is InChI=1S/C12H8N4O3/c17-11-5-7(16(18)19)1-2-8(11)12-14-9-3-4-13-6-10(9)15-12/h1-6,17H,(H,14,15). The fraction of sp³-hybridized carbons (Fsp3) is 0. The first-order valence-corrected chi connectivity index (χ1v) is 5.42. The van der Waals surface area contributed by atoms with Crippen molar-refractivity contribution in [2.24, 2.45) is 0 Å². The highest BCUT2D eigenvalue weighted by molar-refractivity contribution is 5.80. The largest absolute Gasteiger partial charge is 0.507 e. The van der Waals surface area contributed by atoms with Gasteiger partial charge in [-0.05, 0) is 12.1 Å². The van der Waals surface area contributed by atoms with Crippen molar-refractivity contribution in [1.82, 2.24) is 15.0 Å². The topological polar surface area (TPSA) is 105 Å². The fourth-order valence-corrected chi connectivity index (χ4v) is 1.82. The van der Waals surface area contributed by atoms with E-state index < -0.39 is 4.92 Å². The Kier molecular flexibility index (Phi) is 2.38. The molecule has 7 heteroatoms. The molecule has 0 radical (unpaired) electrons. The third-order valence-electron chi connectivity index (χ3n) is 2.73. The number of aromatic amines is 1. The van der Waals surface area contributed by atoms with Crippen LogP contribution in [0.25, 0.3) is 22.4 Å². The van der Waals surface area contributed by atoms with Gasteiger partial charge in [-0.25, -0.2) is 4.98 Å². The van der Waals surface area contributed by atoms with Crippen molar-refractivity contribution in [1.29, 1.82) is 0 Å². The van der Waals surface area contributed by atoms with Crippen LogP contribution in [0.1, 0.15) is 0 Å². The lowest BCUT2D eigenvalue weighted by molar-refractivity contribution is -0.384. The van der Waals surface area contributed by atoms with Crippen LogP contribution in [-0.2, 0) is 0 Å². The van der Waals surface area contributed by atoms with Crippen molar-refractivity contribution in [3.63, 3.8) is 0 Å². The van der Waals surface area contributed by atoms with Gasteiger partial charge in [0.2, 0.25) is 0 Å². The average Bonchev–Trinajstić information content (AvgIpc) is 2.81. The number of phenolic OH excluding ortho intramolecular Hbond substituents is 1. The second kappa shape index (κ2) is 4.05. The van der Waals surface area contributed by atoms with E-state index >= 15 is 0 Å². The summed E-state index contributed by atoms with van der Waals surface area (Å²) in [5.74, 6) is 0.247. The summed E-state index contributed by atoms with van der Waals surface area (Å²) in [6.45, 7) is 0. The SMILES string of the molecule is O=[N+]([O-])c1ccc(-c2nc3ccncc3[nH]2)c(O)c1. The Morgan fingerprint density at radius 2 is 2.16 bits per heavy atom. The highest BCUT2D eigenvalue weighted by atomic mass is 16.6. The third-order valence-corrected chi connectivity index (χ3v) is 2.73. The molecule has 3 rings (SSSR count). The zero-order valence-corrected chi connectivity index (χ0v) is 9.57. The van der Waals surface area contributed by atoms with E-state index in [0.29, 0.717) is 16.9 Å². The highest BCUT2D eigenvalue weighted by Crippen LogP contribution is 2.31. The van der Waals surface area contributed by atoms with Gasteiger partial charge in [0.15, 0.2) is 0 Å². The van der Waals surface area contributed by atoms with Crippen LogP contribution in [0.15, 0.2) is 36.7 Å². The Morgan fingerprint density at radius 3 is 2.84 bits per heavy atom. The number of aromatic hydroxyl groups is 1. The summed E-state index contributed by atoms with van der Waals surface area (Å²) < 4.78 is 0. The minimum atomic E-state index is -0.563. The van der Waals surface area contributed by atoms with E-state index in [0.717, 1.165) is 11.6 Å². The number of benzene rings is 1. The summed E-state index contributed by atoms with van der Waals surface area (Å²) in [7, 11) is 0. The molecule has 2 N–H and O–H groups in total. The average molecular weight is 256 g/mol. The number of rotatable bonds is 2. The number of hydrogen-bond acceptors (Lipinski definition) is 5. The molecular weight excluding hydrogens is 248 g/mol. The summed E-state index contributed by atoms with van der Waals surface area (Å²) in [5.41, 5.74) is 1.68. The Bertz CT molecular complexity index is 748. The van der Waals surface area contributed by atoms with Gasteiger partial charge >= 0.3 is 0 Å². The molecule has 0 spiro atoms. The van der Waals surface area contributed by atoms with Gasteiger partial charge < -0.3 is 10.1 Å². The van der Waals surface area contributed by atoms with E-state index in [-0.39, 0.29) is 11.4 Å². The number of imidazole rings is 1. The van der Waals surface area contributed by atoms with Crippen LogP contribution in [0.5, 0.6) is 5.75 Å². The molecule has 0 atom stereocenters. The summed E-state index contributed by atoms with van der Waals surface area (Å²) >= 11 is 0. The molecule has 0 aliphatic rings. The first kappa shape index (κ1) is 11.1. The van der Waals surface area contributed by atoms with Crippen LogP contribution >= 0.6 is 0 Å². The molecule has 0 aliphatic heterocycles. The molecule has 0 amide bonds. The molecule has 0 saturated heterocycles. The van der Waals surface area contributed by atoms with Crippen LogP contribution in [0, 0.1) is 10.1 Å². The van der Waals surface area contributed by atoms with Crippen molar-refractivity contribution in [3.8, 4) is 17.1 Å². The number of aromatic nitrogens is 3. The predicted octanol–water partition coefficient (Wildman–Crippen LogP) is 2.24. The number of hydrogen-bond donors (Lipinski definition) is 2. The molecule has 1 aromatic carbocycles. The van der Waals surface area contributed by atoms with Gasteiger partial charge in [0.1, 0.15) is 11.6 Å². The van der Waals surface area contributed by atoms with Gasteiger partial charge in [0.25, 0.3) is 5.69 Å². The number of nitro groups is 1. The van der Waals surface area contributed by atoms with Gasteiger partial charge in [0, 0.05) is 12.3 Å². The van der Waals surface area contributed by atoms with E-state index in [1.54, 1.807) is 18.5 Å². The number of nitrogens with one attached hydrogen (secondary N) is 1. The van der Waals surface area contributed by atoms with Crippen LogP contribution in [0.2, 0.25) is 0 Å². The van der Waals surface area contributed by atoms with Crippen LogP contribution in [0.4, 0.5) is 5.69 Å². The molecule has 0 aliphatic carbocycles. The maximum absolute atomic E-state index is 10.6. The smallest absolute Gasteiger partial charge is 0.273 e. The molecule has 94 valence electrons. The summed E-state index contributed by atoms with van der Waals surface area (Å²) in [4.78, 5) is 21.3. The van der Waals surface area contributed by atoms with Gasteiger partial charge in [-0.3, -0.25) is 15.1 Å². The molecule has 0 saturated carbocycles. The molecule has 7 nitrogen and oxygen atoms in total. The number of non-ortho nitro benzene ring substituents is 1. The number of pyridine rings is 1. The lowest BCUT2D eigenvalue weighted by Gasteiger charge is -2.00. The lowest BCUT2D eigenvalue weighted by Crippen LogP contribution is -1.89. The predicted molar refractivity (Wildman–Crippen MR) is 67.6 cm³/mol. The van der Waals surface area contributed by atoms with Gasteiger partial charge in [-0.15, -0.1) is 0 Å². The Labute approximate surface area is 106 Å². The van der Waals surface area contributed by atoms with Crippen molar-refractivity contribution in [2.45, 2.75) is 0 Å². The molecule has 0 unspecified atom stereocenters. The Balaban J connectivity index is 2.13. The normalized spacial score (nSPS) is 10.7. The summed E-state index contributed by atoms with van der Waals surface area (Å²) in [6, 6.07) is 5.61. The van der Waals surface area contributed by atoms with Crippen LogP contribution in [-0.4, -0.2) is 25.0 Å². The molecule has 19 heavy (non-hydrogen) atoms. The zero-order valence-electron chi connectivity index (χ0n) is 9.57. The van der Waals surface area contributed by atoms with Gasteiger partial charge in [-0.2, -0.15) is 0 Å². The molecule has 2 aromatic heterocycles. The van der Waals surface area contributed by atoms with Crippen molar-refractivity contribution in [3.05, 3.63) is 46.8 Å². The van der Waals surface area contributed by atoms with Gasteiger partial charge in [-0.1, -0.05) is 0 Å². The minimum Gasteiger partial charge on any atom is -0.507 e. The molecule has 2 heterocycles. The summed E-state index contributed by atoms with van der Waals surface area (Å²) in [6.07, 6.45) is 3.23. The van der Waals surface area contributed by atoms with E-state index in [4.69, 9.17) is 0 Å². The zero-order chi connectivity index (χ0) is 13.4. The Morgan fingerprint density at radius 1 is 1.32 bits per heavy atom. The second-order valence-corrected chi connectivity index (χ2v) is 3.94. The molecule has 3 aromatic rings. The number of fused-ring (bicyclic) bond motifs is 1. The highest BCUT2D eigenvalue weighted by Gasteiger charge is 2.14. The molecule has 0 fully saturated rings. The summed E-state index contributed by atoms with van der Waals surface area (Å²) in [5, 5.41) is 20.4. The molecule has 0 bridgehead atoms. The number of H-pyrrole nitrogens is 1. The molecular formula is C12H8N4O3.